The van der Waals surface area contributed by atoms with Gasteiger partial charge in [0.2, 0.25) is 0 Å². The van der Waals surface area contributed by atoms with Crippen LogP contribution >= 0.6 is 16.1 Å². The SMILES string of the molecule is C[C@@H](OP(C)C)c1ccccc1P(C)C. The van der Waals surface area contributed by atoms with E-state index >= 15 is 0 Å². The molecule has 1 atom stereocenters. The first-order chi connectivity index (χ1) is 7.02. The molecule has 0 aliphatic carbocycles. The molecule has 0 fully saturated rings. The van der Waals surface area contributed by atoms with Crippen LogP contribution in [0.1, 0.15) is 18.6 Å². The van der Waals surface area contributed by atoms with Gasteiger partial charge in [0.15, 0.2) is 0 Å². The van der Waals surface area contributed by atoms with E-state index in [-0.39, 0.29) is 22.2 Å². The first-order valence-corrected chi connectivity index (χ1v) is 9.51. The zero-order chi connectivity index (χ0) is 11.4. The third kappa shape index (κ3) is 3.83. The Hall–Kier alpha value is 0.0400. The molecule has 15 heavy (non-hydrogen) atoms. The number of hydrogen-bond acceptors (Lipinski definition) is 1. The molecule has 0 N–H and O–H groups in total. The third-order valence-corrected chi connectivity index (χ3v) is 4.33. The minimum Gasteiger partial charge on any atom is -0.352 e. The Bertz CT molecular complexity index is 310. The topological polar surface area (TPSA) is 9.23 Å². The summed E-state index contributed by atoms with van der Waals surface area (Å²) >= 11 is 0. The molecule has 0 aromatic heterocycles. The minimum absolute atomic E-state index is 0.0466. The Balaban J connectivity index is 2.92. The van der Waals surface area contributed by atoms with Gasteiger partial charge in [0.25, 0.3) is 0 Å². The van der Waals surface area contributed by atoms with Crippen molar-refractivity contribution in [2.45, 2.75) is 13.0 Å². The summed E-state index contributed by atoms with van der Waals surface area (Å²) in [5, 5.41) is 1.47. The molecule has 84 valence electrons. The van der Waals surface area contributed by atoms with Crippen molar-refractivity contribution in [3.8, 4) is 0 Å². The number of benzene rings is 1. The fourth-order valence-electron chi connectivity index (χ4n) is 1.61. The molecule has 1 aromatic rings. The maximum absolute atomic E-state index is 5.90. The maximum Gasteiger partial charge on any atom is 0.0845 e. The smallest absolute Gasteiger partial charge is 0.0845 e. The van der Waals surface area contributed by atoms with Crippen molar-refractivity contribution < 1.29 is 4.52 Å². The Morgan fingerprint density at radius 3 is 2.20 bits per heavy atom. The molecule has 1 rings (SSSR count). The van der Waals surface area contributed by atoms with E-state index in [1.807, 2.05) is 0 Å². The molecule has 1 nitrogen and oxygen atoms in total. The fraction of sp³-hybridized carbons (Fsp3) is 0.500. The second-order valence-electron chi connectivity index (χ2n) is 4.01. The van der Waals surface area contributed by atoms with Crippen LogP contribution < -0.4 is 5.30 Å². The van der Waals surface area contributed by atoms with Gasteiger partial charge in [-0.25, -0.2) is 0 Å². The molecule has 0 aliphatic rings. The van der Waals surface area contributed by atoms with Gasteiger partial charge in [-0.2, -0.15) is 0 Å². The quantitative estimate of drug-likeness (QED) is 0.730. The van der Waals surface area contributed by atoms with Crippen LogP contribution in [0.15, 0.2) is 24.3 Å². The lowest BCUT2D eigenvalue weighted by atomic mass is 10.1. The fourth-order valence-corrected chi connectivity index (χ4v) is 3.51. The largest absolute Gasteiger partial charge is 0.352 e. The van der Waals surface area contributed by atoms with Crippen LogP contribution in [-0.4, -0.2) is 26.7 Å². The van der Waals surface area contributed by atoms with Crippen LogP contribution in [0.25, 0.3) is 0 Å². The summed E-state index contributed by atoms with van der Waals surface area (Å²) in [7, 11) is -0.335. The van der Waals surface area contributed by atoms with Crippen LogP contribution in [0, 0.1) is 0 Å². The van der Waals surface area contributed by atoms with E-state index in [0.717, 1.165) is 0 Å². The molecule has 0 unspecified atom stereocenters. The van der Waals surface area contributed by atoms with Gasteiger partial charge in [-0.1, -0.05) is 32.2 Å². The molecule has 0 aliphatic heterocycles. The molecule has 0 spiro atoms. The van der Waals surface area contributed by atoms with Crippen molar-refractivity contribution in [3.63, 3.8) is 0 Å². The molecule has 0 saturated carbocycles. The number of rotatable bonds is 4. The van der Waals surface area contributed by atoms with Gasteiger partial charge >= 0.3 is 0 Å². The van der Waals surface area contributed by atoms with E-state index < -0.39 is 0 Å². The Kier molecular flexibility index (Phi) is 5.19. The molecule has 0 heterocycles. The third-order valence-electron chi connectivity index (χ3n) is 2.23. The lowest BCUT2D eigenvalue weighted by Gasteiger charge is -2.21. The first-order valence-electron chi connectivity index (χ1n) is 5.12. The first kappa shape index (κ1) is 13.1. The highest BCUT2D eigenvalue weighted by atomic mass is 31.1. The molecule has 0 amide bonds. The minimum atomic E-state index is -0.288. The van der Waals surface area contributed by atoms with Crippen molar-refractivity contribution in [2.75, 3.05) is 26.7 Å². The average molecular weight is 242 g/mol. The zero-order valence-corrected chi connectivity index (χ0v) is 12.0. The highest BCUT2D eigenvalue weighted by Crippen LogP contribution is 2.37. The maximum atomic E-state index is 5.90. The molecule has 0 bridgehead atoms. The highest BCUT2D eigenvalue weighted by molar-refractivity contribution is 7.64. The van der Waals surface area contributed by atoms with Gasteiger partial charge in [0, 0.05) is 8.15 Å². The van der Waals surface area contributed by atoms with Crippen LogP contribution in [0.4, 0.5) is 0 Å². The van der Waals surface area contributed by atoms with Crippen molar-refractivity contribution >= 4 is 21.4 Å². The summed E-state index contributed by atoms with van der Waals surface area (Å²) in [6.45, 7) is 11.0. The average Bonchev–Trinajstić information content (AvgIpc) is 2.16. The summed E-state index contributed by atoms with van der Waals surface area (Å²) in [6, 6.07) is 8.65. The monoisotopic (exact) mass is 242 g/mol. The normalized spacial score (nSPS) is 13.5. The molecular weight excluding hydrogens is 222 g/mol. The zero-order valence-electron chi connectivity index (χ0n) is 10.2. The summed E-state index contributed by atoms with van der Waals surface area (Å²) in [5.74, 6) is 0. The summed E-state index contributed by atoms with van der Waals surface area (Å²) < 4.78 is 5.90. The standard InChI is InChI=1S/C12H20OP2/c1-10(13-15(4)5)11-8-6-7-9-12(11)14(2)3/h6-10H,1-5H3/t10-/m1/s1. The van der Waals surface area contributed by atoms with E-state index in [1.165, 1.54) is 10.9 Å². The van der Waals surface area contributed by atoms with Gasteiger partial charge in [-0.15, -0.1) is 0 Å². The summed E-state index contributed by atoms with van der Waals surface area (Å²) in [4.78, 5) is 0. The lowest BCUT2D eigenvalue weighted by Crippen LogP contribution is -2.11. The van der Waals surface area contributed by atoms with Crippen LogP contribution in [0.2, 0.25) is 0 Å². The van der Waals surface area contributed by atoms with Crippen LogP contribution in [-0.2, 0) is 4.52 Å². The molecule has 3 heteroatoms. The van der Waals surface area contributed by atoms with Crippen molar-refractivity contribution in [1.82, 2.24) is 0 Å². The van der Waals surface area contributed by atoms with E-state index in [9.17, 15) is 0 Å². The Morgan fingerprint density at radius 1 is 1.07 bits per heavy atom. The van der Waals surface area contributed by atoms with Gasteiger partial charge in [0.1, 0.15) is 0 Å². The van der Waals surface area contributed by atoms with Gasteiger partial charge in [-0.3, -0.25) is 0 Å². The van der Waals surface area contributed by atoms with Crippen LogP contribution in [0.5, 0.6) is 0 Å². The van der Waals surface area contributed by atoms with E-state index in [0.29, 0.717) is 0 Å². The van der Waals surface area contributed by atoms with Crippen molar-refractivity contribution in [3.05, 3.63) is 29.8 Å². The van der Waals surface area contributed by atoms with E-state index in [1.54, 1.807) is 0 Å². The second-order valence-corrected chi connectivity index (χ2v) is 8.12. The lowest BCUT2D eigenvalue weighted by molar-refractivity contribution is 0.259. The Morgan fingerprint density at radius 2 is 1.67 bits per heavy atom. The summed E-state index contributed by atoms with van der Waals surface area (Å²) in [5.41, 5.74) is 1.37. The van der Waals surface area contributed by atoms with Crippen LogP contribution in [0.3, 0.4) is 0 Å². The predicted molar refractivity (Wildman–Crippen MR) is 73.1 cm³/mol. The van der Waals surface area contributed by atoms with Crippen molar-refractivity contribution in [1.29, 1.82) is 0 Å². The van der Waals surface area contributed by atoms with E-state index in [2.05, 4.69) is 57.8 Å². The summed E-state index contributed by atoms with van der Waals surface area (Å²) in [6.07, 6.45) is 0.229. The van der Waals surface area contributed by atoms with Gasteiger partial charge in [-0.05, 0) is 44.5 Å². The molecule has 0 radical (unpaired) electrons. The number of hydrogen-bond donors (Lipinski definition) is 0. The van der Waals surface area contributed by atoms with Gasteiger partial charge in [0.05, 0.1) is 6.10 Å². The molecular formula is C12H20OP2. The second kappa shape index (κ2) is 5.94. The molecule has 1 aromatic carbocycles. The Labute approximate surface area is 95.8 Å². The van der Waals surface area contributed by atoms with Gasteiger partial charge < -0.3 is 4.52 Å². The predicted octanol–water partition coefficient (Wildman–Crippen LogP) is 3.79. The van der Waals surface area contributed by atoms with Crippen molar-refractivity contribution in [2.24, 2.45) is 0 Å². The highest BCUT2D eigenvalue weighted by Gasteiger charge is 2.13. The van der Waals surface area contributed by atoms with E-state index in [4.69, 9.17) is 4.52 Å². The molecule has 0 saturated heterocycles.